The molecule has 36 heavy (non-hydrogen) atoms. The summed E-state index contributed by atoms with van der Waals surface area (Å²) in [5, 5.41) is 5.95. The van der Waals surface area contributed by atoms with Crippen LogP contribution >= 0.6 is 23.2 Å². The lowest BCUT2D eigenvalue weighted by atomic mass is 10.00. The summed E-state index contributed by atoms with van der Waals surface area (Å²) in [6.45, 7) is 5.57. The number of carbonyl (C=O) groups excluding carboxylic acids is 1. The van der Waals surface area contributed by atoms with Crippen molar-refractivity contribution >= 4 is 50.0 Å². The van der Waals surface area contributed by atoms with Crippen LogP contribution in [0.3, 0.4) is 0 Å². The van der Waals surface area contributed by atoms with Gasteiger partial charge in [-0.15, -0.1) is 0 Å². The minimum Gasteiger partial charge on any atom is -0.296 e. The van der Waals surface area contributed by atoms with E-state index in [1.807, 2.05) is 21.5 Å². The first-order chi connectivity index (χ1) is 17.0. The summed E-state index contributed by atoms with van der Waals surface area (Å²) in [5.74, 6) is -1.71. The van der Waals surface area contributed by atoms with Crippen LogP contribution in [0.1, 0.15) is 66.3 Å². The molecule has 2 fully saturated rings. The van der Waals surface area contributed by atoms with Crippen LogP contribution in [0, 0.1) is 12.7 Å². The number of fused-ring (bicyclic) bond motifs is 1. The van der Waals surface area contributed by atoms with E-state index in [-0.39, 0.29) is 17.6 Å². The Labute approximate surface area is 219 Å². The molecule has 5 rings (SSSR count). The predicted molar refractivity (Wildman–Crippen MR) is 139 cm³/mol. The molecule has 0 bridgehead atoms. The third-order valence-electron chi connectivity index (χ3n) is 7.18. The summed E-state index contributed by atoms with van der Waals surface area (Å²) >= 11 is 12.4. The summed E-state index contributed by atoms with van der Waals surface area (Å²) < 4.78 is 43.1. The first-order valence-electron chi connectivity index (χ1n) is 12.0. The van der Waals surface area contributed by atoms with Crippen LogP contribution in [0.25, 0.3) is 10.9 Å². The molecule has 2 heterocycles. The van der Waals surface area contributed by atoms with Crippen molar-refractivity contribution in [1.82, 2.24) is 19.4 Å². The van der Waals surface area contributed by atoms with Crippen LogP contribution in [0.2, 0.25) is 10.0 Å². The molecule has 2 aromatic carbocycles. The number of hydrogen-bond donors (Lipinski definition) is 1. The molecule has 1 aliphatic heterocycles. The summed E-state index contributed by atoms with van der Waals surface area (Å²) in [4.78, 5) is 14.9. The minimum absolute atomic E-state index is 0.0712. The molecular formula is C25H27Cl2FN4O3S. The molecule has 1 aromatic heterocycles. The van der Waals surface area contributed by atoms with Crippen molar-refractivity contribution in [3.63, 3.8) is 0 Å². The molecule has 1 aliphatic carbocycles. The van der Waals surface area contributed by atoms with Crippen LogP contribution in [0.4, 0.5) is 4.39 Å². The molecule has 1 saturated heterocycles. The van der Waals surface area contributed by atoms with Gasteiger partial charge in [0.2, 0.25) is 10.0 Å². The Hall–Kier alpha value is -2.20. The fourth-order valence-electron chi connectivity index (χ4n) is 4.95. The molecule has 2 aliphatic rings. The second-order valence-electron chi connectivity index (χ2n) is 9.70. The van der Waals surface area contributed by atoms with E-state index < -0.39 is 27.0 Å². The Morgan fingerprint density at radius 3 is 2.33 bits per heavy atom. The van der Waals surface area contributed by atoms with E-state index in [0.717, 1.165) is 31.5 Å². The van der Waals surface area contributed by atoms with E-state index in [2.05, 4.69) is 16.9 Å². The predicted octanol–water partition coefficient (Wildman–Crippen LogP) is 5.41. The maximum atomic E-state index is 15.0. The number of rotatable bonds is 6. The van der Waals surface area contributed by atoms with Crippen molar-refractivity contribution in [1.29, 1.82) is 0 Å². The van der Waals surface area contributed by atoms with Crippen LogP contribution in [0.5, 0.6) is 0 Å². The average molecular weight is 553 g/mol. The van der Waals surface area contributed by atoms with Gasteiger partial charge in [0.1, 0.15) is 5.82 Å². The molecule has 0 unspecified atom stereocenters. The Morgan fingerprint density at radius 2 is 1.72 bits per heavy atom. The van der Waals surface area contributed by atoms with E-state index in [4.69, 9.17) is 23.2 Å². The maximum Gasteiger partial charge on any atom is 0.267 e. The van der Waals surface area contributed by atoms with E-state index in [1.54, 1.807) is 13.0 Å². The van der Waals surface area contributed by atoms with Crippen LogP contribution in [-0.2, 0) is 10.0 Å². The molecule has 0 spiro atoms. The SMILES string of the molecule is Cc1nn(C2CCN([C@@H](C)c3cc(Cl)cc(Cl)c3)CC2)c2cc(F)c(C(=O)NS(=O)(=O)C3CC3)cc12. The number of halogens is 3. The number of piperidine rings is 1. The molecule has 3 aromatic rings. The van der Waals surface area contributed by atoms with Gasteiger partial charge in [0, 0.05) is 40.6 Å². The van der Waals surface area contributed by atoms with E-state index >= 15 is 4.39 Å². The number of nitrogens with one attached hydrogen (secondary N) is 1. The van der Waals surface area contributed by atoms with Gasteiger partial charge in [-0.05, 0) is 69.4 Å². The van der Waals surface area contributed by atoms with Crippen molar-refractivity contribution in [2.45, 2.75) is 56.9 Å². The second-order valence-corrected chi connectivity index (χ2v) is 12.5. The third kappa shape index (κ3) is 4.98. The first-order valence-corrected chi connectivity index (χ1v) is 14.3. The molecule has 1 N–H and O–H groups in total. The third-order valence-corrected chi connectivity index (χ3v) is 9.44. The smallest absolute Gasteiger partial charge is 0.267 e. The van der Waals surface area contributed by atoms with E-state index in [9.17, 15) is 13.2 Å². The quantitative estimate of drug-likeness (QED) is 0.442. The van der Waals surface area contributed by atoms with E-state index in [1.165, 1.54) is 12.1 Å². The fourth-order valence-corrected chi connectivity index (χ4v) is 6.79. The maximum absolute atomic E-state index is 15.0. The number of aryl methyl sites for hydroxylation is 1. The normalized spacial score (nSPS) is 18.5. The highest BCUT2D eigenvalue weighted by Crippen LogP contribution is 2.34. The van der Waals surface area contributed by atoms with Gasteiger partial charge in [-0.1, -0.05) is 23.2 Å². The lowest BCUT2D eigenvalue weighted by molar-refractivity contribution is 0.0977. The number of nitrogens with zero attached hydrogens (tertiary/aromatic N) is 3. The molecular weight excluding hydrogens is 526 g/mol. The average Bonchev–Trinajstić information content (AvgIpc) is 3.63. The van der Waals surface area contributed by atoms with Crippen molar-refractivity contribution in [2.24, 2.45) is 0 Å². The summed E-state index contributed by atoms with van der Waals surface area (Å²) in [5.41, 5.74) is 2.02. The second kappa shape index (κ2) is 9.59. The molecule has 7 nitrogen and oxygen atoms in total. The number of aromatic nitrogens is 2. The van der Waals surface area contributed by atoms with Gasteiger partial charge >= 0.3 is 0 Å². The lowest BCUT2D eigenvalue weighted by Crippen LogP contribution is -2.36. The number of amides is 1. The highest BCUT2D eigenvalue weighted by Gasteiger charge is 2.37. The Kier molecular flexibility index (Phi) is 6.78. The van der Waals surface area contributed by atoms with Gasteiger partial charge < -0.3 is 0 Å². The summed E-state index contributed by atoms with van der Waals surface area (Å²) in [6, 6.07) is 8.49. The molecule has 11 heteroatoms. The van der Waals surface area contributed by atoms with Crippen molar-refractivity contribution in [2.75, 3.05) is 13.1 Å². The number of likely N-dealkylation sites (tertiary alicyclic amines) is 1. The van der Waals surface area contributed by atoms with Crippen molar-refractivity contribution in [3.8, 4) is 0 Å². The largest absolute Gasteiger partial charge is 0.296 e. The van der Waals surface area contributed by atoms with Gasteiger partial charge in [-0.3, -0.25) is 14.4 Å². The van der Waals surface area contributed by atoms with Gasteiger partial charge in [-0.2, -0.15) is 5.10 Å². The van der Waals surface area contributed by atoms with Crippen LogP contribution < -0.4 is 4.72 Å². The highest BCUT2D eigenvalue weighted by atomic mass is 35.5. The standard InChI is InChI=1S/C25H27Cl2FN4O3S/c1-14-21-12-22(25(33)30-36(34,35)20-3-4-20)23(28)13-24(21)32(29-14)19-5-7-31(8-6-19)15(2)16-9-17(26)11-18(27)10-16/h9-13,15,19-20H,3-8H2,1-2H3,(H,30,33)/t15-/m0/s1. The Bertz CT molecular complexity index is 1430. The molecule has 1 amide bonds. The molecule has 0 radical (unpaired) electrons. The van der Waals surface area contributed by atoms with Crippen molar-refractivity contribution < 1.29 is 17.6 Å². The van der Waals surface area contributed by atoms with E-state index in [0.29, 0.717) is 39.5 Å². The zero-order valence-corrected chi connectivity index (χ0v) is 22.3. The molecule has 1 atom stereocenters. The first kappa shape index (κ1) is 25.4. The number of carbonyl (C=O) groups is 1. The lowest BCUT2D eigenvalue weighted by Gasteiger charge is -2.36. The minimum atomic E-state index is -3.77. The zero-order chi connectivity index (χ0) is 25.8. The zero-order valence-electron chi connectivity index (χ0n) is 20.0. The van der Waals surface area contributed by atoms with Gasteiger partial charge in [0.05, 0.1) is 28.1 Å². The topological polar surface area (TPSA) is 84.3 Å². The summed E-state index contributed by atoms with van der Waals surface area (Å²) in [7, 11) is -3.77. The monoisotopic (exact) mass is 552 g/mol. The fraction of sp³-hybridized carbons (Fsp3) is 0.440. The van der Waals surface area contributed by atoms with Gasteiger partial charge in [0.15, 0.2) is 0 Å². The number of sulfonamides is 1. The van der Waals surface area contributed by atoms with Crippen LogP contribution in [0.15, 0.2) is 30.3 Å². The Balaban J connectivity index is 1.34. The summed E-state index contributed by atoms with van der Waals surface area (Å²) in [6.07, 6.45) is 2.66. The number of benzene rings is 2. The van der Waals surface area contributed by atoms with Crippen molar-refractivity contribution in [3.05, 3.63) is 63.0 Å². The molecule has 1 saturated carbocycles. The molecule has 192 valence electrons. The van der Waals surface area contributed by atoms with Gasteiger partial charge in [0.25, 0.3) is 5.91 Å². The van der Waals surface area contributed by atoms with Crippen LogP contribution in [-0.4, -0.2) is 47.3 Å². The van der Waals surface area contributed by atoms with Gasteiger partial charge in [-0.25, -0.2) is 17.5 Å². The highest BCUT2D eigenvalue weighted by molar-refractivity contribution is 7.91. The number of hydrogen-bond acceptors (Lipinski definition) is 5. The Morgan fingerprint density at radius 1 is 1.08 bits per heavy atom.